The van der Waals surface area contributed by atoms with E-state index in [1.165, 1.54) is 0 Å². The molecule has 10 heteroatoms. The average molecular weight is 386 g/mol. The van der Waals surface area contributed by atoms with Crippen molar-refractivity contribution in [3.63, 3.8) is 0 Å². The second-order valence-electron chi connectivity index (χ2n) is 3.87. The number of halogens is 6. The molecule has 0 radical (unpaired) electrons. The van der Waals surface area contributed by atoms with Gasteiger partial charge in [-0.2, -0.15) is 13.2 Å². The molecule has 21 heavy (non-hydrogen) atoms. The van der Waals surface area contributed by atoms with Gasteiger partial charge in [0.25, 0.3) is 0 Å². The van der Waals surface area contributed by atoms with Crippen LogP contribution in [0.4, 0.5) is 34.9 Å². The van der Waals surface area contributed by atoms with Crippen molar-refractivity contribution in [1.82, 2.24) is 9.97 Å². The van der Waals surface area contributed by atoms with E-state index in [4.69, 9.17) is 17.3 Å². The molecule has 0 bridgehead atoms. The van der Waals surface area contributed by atoms with Crippen LogP contribution in [0.5, 0.6) is 0 Å². The molecule has 0 aliphatic rings. The number of nitrogens with two attached hydrogens (primary N) is 1. The van der Waals surface area contributed by atoms with Crippen LogP contribution in [0, 0.1) is 5.82 Å². The van der Waals surface area contributed by atoms with Crippen molar-refractivity contribution in [2.75, 3.05) is 11.1 Å². The zero-order valence-electron chi connectivity index (χ0n) is 9.97. The maximum Gasteiger partial charge on any atom is 0.451 e. The van der Waals surface area contributed by atoms with Gasteiger partial charge in [-0.25, -0.2) is 14.4 Å². The number of hydrogen-bond donors (Lipinski definition) is 2. The molecule has 0 aliphatic carbocycles. The summed E-state index contributed by atoms with van der Waals surface area (Å²) in [4.78, 5) is 6.41. The van der Waals surface area contributed by atoms with Gasteiger partial charge in [0.1, 0.15) is 17.5 Å². The van der Waals surface area contributed by atoms with Crippen molar-refractivity contribution in [2.24, 2.45) is 0 Å². The first-order chi connectivity index (χ1) is 9.66. The Kier molecular flexibility index (Phi) is 4.24. The maximum atomic E-state index is 13.1. The number of hydrogen-bond acceptors (Lipinski definition) is 4. The fraction of sp³-hybridized carbons (Fsp3) is 0.0909. The Morgan fingerprint density at radius 1 is 1.19 bits per heavy atom. The van der Waals surface area contributed by atoms with Crippen LogP contribution in [-0.2, 0) is 6.18 Å². The first-order valence-electron chi connectivity index (χ1n) is 5.30. The van der Waals surface area contributed by atoms with Crippen molar-refractivity contribution in [2.45, 2.75) is 6.18 Å². The standard InChI is InChI=1S/C11H6BrClF4N4/c12-5-1-4(14)2-6(13)9(5)20-8-3-7(18)19-10(21-8)11(15,16)17/h1-3H,(H3,18,19,20,21). The highest BCUT2D eigenvalue weighted by molar-refractivity contribution is 9.10. The van der Waals surface area contributed by atoms with Gasteiger partial charge >= 0.3 is 6.18 Å². The largest absolute Gasteiger partial charge is 0.451 e. The Morgan fingerprint density at radius 3 is 2.43 bits per heavy atom. The molecule has 2 aromatic rings. The predicted molar refractivity (Wildman–Crippen MR) is 73.8 cm³/mol. The first kappa shape index (κ1) is 15.8. The Labute approximate surface area is 129 Å². The zero-order chi connectivity index (χ0) is 15.8. The lowest BCUT2D eigenvalue weighted by molar-refractivity contribution is -0.144. The molecule has 0 fully saturated rings. The third-order valence-electron chi connectivity index (χ3n) is 2.26. The molecule has 112 valence electrons. The molecule has 0 spiro atoms. The number of nitrogens with one attached hydrogen (secondary N) is 1. The van der Waals surface area contributed by atoms with Gasteiger partial charge < -0.3 is 11.1 Å². The highest BCUT2D eigenvalue weighted by Crippen LogP contribution is 2.35. The molecule has 2 rings (SSSR count). The summed E-state index contributed by atoms with van der Waals surface area (Å²) in [6.45, 7) is 0. The Bertz CT molecular complexity index is 669. The summed E-state index contributed by atoms with van der Waals surface area (Å²) in [6.07, 6.45) is -4.74. The minimum absolute atomic E-state index is 0.0346. The molecule has 0 saturated heterocycles. The normalized spacial score (nSPS) is 11.5. The highest BCUT2D eigenvalue weighted by Gasteiger charge is 2.35. The van der Waals surface area contributed by atoms with E-state index in [2.05, 4.69) is 31.2 Å². The fourth-order valence-electron chi connectivity index (χ4n) is 1.45. The van der Waals surface area contributed by atoms with Crippen LogP contribution in [0.25, 0.3) is 0 Å². The smallest absolute Gasteiger partial charge is 0.384 e. The number of aromatic nitrogens is 2. The van der Waals surface area contributed by atoms with E-state index < -0.39 is 17.8 Å². The number of rotatable bonds is 2. The van der Waals surface area contributed by atoms with Crippen molar-refractivity contribution < 1.29 is 17.6 Å². The van der Waals surface area contributed by atoms with Gasteiger partial charge in [-0.3, -0.25) is 0 Å². The van der Waals surface area contributed by atoms with Gasteiger partial charge in [0.2, 0.25) is 5.82 Å². The summed E-state index contributed by atoms with van der Waals surface area (Å²) in [6, 6.07) is 3.20. The quantitative estimate of drug-likeness (QED) is 0.753. The molecule has 1 aromatic carbocycles. The van der Waals surface area contributed by atoms with Gasteiger partial charge in [-0.05, 0) is 28.1 Å². The number of nitrogens with zero attached hydrogens (tertiary/aromatic N) is 2. The lowest BCUT2D eigenvalue weighted by Crippen LogP contribution is -2.13. The molecular formula is C11H6BrClF4N4. The second kappa shape index (κ2) is 5.64. The van der Waals surface area contributed by atoms with E-state index in [9.17, 15) is 17.6 Å². The monoisotopic (exact) mass is 384 g/mol. The van der Waals surface area contributed by atoms with E-state index >= 15 is 0 Å². The molecule has 0 atom stereocenters. The van der Waals surface area contributed by atoms with E-state index in [0.29, 0.717) is 0 Å². The van der Waals surface area contributed by atoms with Crippen LogP contribution in [0.3, 0.4) is 0 Å². The minimum Gasteiger partial charge on any atom is -0.384 e. The molecule has 4 nitrogen and oxygen atoms in total. The molecular weight excluding hydrogens is 379 g/mol. The SMILES string of the molecule is Nc1cc(Nc2c(Cl)cc(F)cc2Br)nc(C(F)(F)F)n1. The molecule has 0 amide bonds. The van der Waals surface area contributed by atoms with E-state index in [0.717, 1.165) is 18.2 Å². The number of anilines is 3. The number of nitrogen functional groups attached to an aromatic ring is 1. The Balaban J connectivity index is 2.43. The first-order valence-corrected chi connectivity index (χ1v) is 6.47. The Hall–Kier alpha value is -1.61. The second-order valence-corrected chi connectivity index (χ2v) is 5.13. The van der Waals surface area contributed by atoms with Gasteiger partial charge in [0, 0.05) is 10.5 Å². The molecule has 0 unspecified atom stereocenters. The van der Waals surface area contributed by atoms with Crippen molar-refractivity contribution >= 4 is 44.9 Å². The number of benzene rings is 1. The van der Waals surface area contributed by atoms with Crippen molar-refractivity contribution in [3.05, 3.63) is 39.3 Å². The lowest BCUT2D eigenvalue weighted by atomic mass is 10.3. The number of alkyl halides is 3. The molecule has 0 saturated carbocycles. The third kappa shape index (κ3) is 3.73. The van der Waals surface area contributed by atoms with E-state index in [-0.39, 0.29) is 26.8 Å². The van der Waals surface area contributed by atoms with Gasteiger partial charge in [-0.1, -0.05) is 11.6 Å². The van der Waals surface area contributed by atoms with Gasteiger partial charge in [0.05, 0.1) is 10.7 Å². The summed E-state index contributed by atoms with van der Waals surface area (Å²) in [7, 11) is 0. The minimum atomic E-state index is -4.74. The summed E-state index contributed by atoms with van der Waals surface area (Å²) in [5.41, 5.74) is 5.47. The zero-order valence-corrected chi connectivity index (χ0v) is 12.3. The molecule has 3 N–H and O–H groups in total. The predicted octanol–water partition coefficient (Wildman–Crippen LogP) is 4.38. The highest BCUT2D eigenvalue weighted by atomic mass is 79.9. The van der Waals surface area contributed by atoms with E-state index in [1.54, 1.807) is 0 Å². The van der Waals surface area contributed by atoms with Crippen molar-refractivity contribution in [1.29, 1.82) is 0 Å². The average Bonchev–Trinajstić information content (AvgIpc) is 2.32. The van der Waals surface area contributed by atoms with Crippen LogP contribution in [0.15, 0.2) is 22.7 Å². The summed E-state index contributed by atoms with van der Waals surface area (Å²) in [5.74, 6) is -2.58. The molecule has 1 aromatic heterocycles. The Morgan fingerprint density at radius 2 is 1.86 bits per heavy atom. The van der Waals surface area contributed by atoms with Crippen LogP contribution in [0.1, 0.15) is 5.82 Å². The maximum absolute atomic E-state index is 13.1. The van der Waals surface area contributed by atoms with Crippen LogP contribution >= 0.6 is 27.5 Å². The summed E-state index contributed by atoms with van der Waals surface area (Å²) >= 11 is 8.87. The lowest BCUT2D eigenvalue weighted by Gasteiger charge is -2.12. The fourth-order valence-corrected chi connectivity index (χ4v) is 2.35. The summed E-state index contributed by atoms with van der Waals surface area (Å²) < 4.78 is 51.1. The van der Waals surface area contributed by atoms with E-state index in [1.807, 2.05) is 0 Å². The van der Waals surface area contributed by atoms with Crippen LogP contribution in [-0.4, -0.2) is 9.97 Å². The topological polar surface area (TPSA) is 63.8 Å². The van der Waals surface area contributed by atoms with Gasteiger partial charge in [-0.15, -0.1) is 0 Å². The third-order valence-corrected chi connectivity index (χ3v) is 3.18. The van der Waals surface area contributed by atoms with Crippen LogP contribution in [0.2, 0.25) is 5.02 Å². The van der Waals surface area contributed by atoms with Crippen molar-refractivity contribution in [3.8, 4) is 0 Å². The molecule has 0 aliphatic heterocycles. The van der Waals surface area contributed by atoms with Crippen LogP contribution < -0.4 is 11.1 Å². The van der Waals surface area contributed by atoms with Gasteiger partial charge in [0.15, 0.2) is 0 Å². The molecule has 1 heterocycles. The summed E-state index contributed by atoms with van der Waals surface area (Å²) in [5, 5.41) is 2.51.